The van der Waals surface area contributed by atoms with E-state index in [0.29, 0.717) is 24.2 Å². The predicted octanol–water partition coefficient (Wildman–Crippen LogP) is 4.16. The van der Waals surface area contributed by atoms with E-state index >= 15 is 0 Å². The van der Waals surface area contributed by atoms with Gasteiger partial charge >= 0.3 is 0 Å². The number of carbonyl (C=O) groups excluding carboxylic acids is 1. The van der Waals surface area contributed by atoms with E-state index in [1.54, 1.807) is 0 Å². The average Bonchev–Trinajstić information content (AvgIpc) is 3.24. The minimum absolute atomic E-state index is 0.112. The number of fused-ring (bicyclic) bond motifs is 1. The molecule has 0 fully saturated rings. The van der Waals surface area contributed by atoms with Crippen molar-refractivity contribution >= 4 is 11.4 Å². The van der Waals surface area contributed by atoms with Crippen LogP contribution in [0, 0.1) is 5.92 Å². The molecular formula is C20H26N4O. The third-order valence-electron chi connectivity index (χ3n) is 4.64. The highest BCUT2D eigenvalue weighted by Crippen LogP contribution is 2.24. The van der Waals surface area contributed by atoms with Crippen LogP contribution in [0.2, 0.25) is 0 Å². The van der Waals surface area contributed by atoms with E-state index in [4.69, 9.17) is 0 Å². The van der Waals surface area contributed by atoms with Gasteiger partial charge in [0.25, 0.3) is 5.91 Å². The van der Waals surface area contributed by atoms with Gasteiger partial charge in [0, 0.05) is 36.7 Å². The van der Waals surface area contributed by atoms with Gasteiger partial charge in [0.2, 0.25) is 0 Å². The molecule has 3 rings (SSSR count). The molecule has 3 aromatic rings. The van der Waals surface area contributed by atoms with E-state index in [2.05, 4.69) is 48.8 Å². The predicted molar refractivity (Wildman–Crippen MR) is 101 cm³/mol. The van der Waals surface area contributed by atoms with Crippen LogP contribution in [0.4, 0.5) is 0 Å². The van der Waals surface area contributed by atoms with Gasteiger partial charge < -0.3 is 9.88 Å². The van der Waals surface area contributed by atoms with Gasteiger partial charge in [-0.3, -0.25) is 9.20 Å². The van der Waals surface area contributed by atoms with Crippen molar-refractivity contribution in [2.24, 2.45) is 5.92 Å². The second-order valence-electron chi connectivity index (χ2n) is 6.90. The van der Waals surface area contributed by atoms with Gasteiger partial charge in [-0.1, -0.05) is 26.3 Å². The summed E-state index contributed by atoms with van der Waals surface area (Å²) >= 11 is 0. The summed E-state index contributed by atoms with van der Waals surface area (Å²) in [4.78, 5) is 17.3. The van der Waals surface area contributed by atoms with Crippen LogP contribution < -0.4 is 5.32 Å². The highest BCUT2D eigenvalue weighted by Gasteiger charge is 2.19. The molecule has 3 heterocycles. The Bertz CT molecular complexity index is 875. The average molecular weight is 338 g/mol. The molecule has 1 unspecified atom stereocenters. The second kappa shape index (κ2) is 7.13. The monoisotopic (exact) mass is 338 g/mol. The van der Waals surface area contributed by atoms with E-state index in [0.717, 1.165) is 23.3 Å². The van der Waals surface area contributed by atoms with E-state index in [1.807, 2.05) is 41.1 Å². The van der Waals surface area contributed by atoms with E-state index in [1.165, 1.54) is 0 Å². The van der Waals surface area contributed by atoms with Gasteiger partial charge in [-0.15, -0.1) is 0 Å². The van der Waals surface area contributed by atoms with E-state index < -0.39 is 0 Å². The summed E-state index contributed by atoms with van der Waals surface area (Å²) in [5, 5.41) is 3.01. The zero-order chi connectivity index (χ0) is 18.0. The molecule has 3 aromatic heterocycles. The molecule has 1 amide bonds. The minimum atomic E-state index is -0.112. The molecule has 25 heavy (non-hydrogen) atoms. The third kappa shape index (κ3) is 3.45. The first-order chi connectivity index (χ1) is 12.0. The summed E-state index contributed by atoms with van der Waals surface area (Å²) in [7, 11) is 0. The lowest BCUT2D eigenvalue weighted by Crippen LogP contribution is -2.28. The van der Waals surface area contributed by atoms with Gasteiger partial charge in [0.1, 0.15) is 5.82 Å². The molecule has 0 aromatic carbocycles. The molecule has 0 radical (unpaired) electrons. The van der Waals surface area contributed by atoms with Gasteiger partial charge in [-0.2, -0.15) is 0 Å². The topological polar surface area (TPSA) is 51.3 Å². The standard InChI is InChI=1S/C20H26N4O/c1-5-15(4)12-21-20(25)18-17-8-6-7-10-24(17)19(22-18)16-9-11-23(13-16)14(2)3/h6-11,13-15H,5,12H2,1-4H3,(H,21,25). The Hall–Kier alpha value is -2.56. The van der Waals surface area contributed by atoms with Crippen molar-refractivity contribution in [3.05, 3.63) is 48.5 Å². The molecule has 0 aliphatic carbocycles. The molecule has 132 valence electrons. The molecule has 5 heteroatoms. The van der Waals surface area contributed by atoms with Crippen molar-refractivity contribution in [2.45, 2.75) is 40.2 Å². The summed E-state index contributed by atoms with van der Waals surface area (Å²) in [5.41, 5.74) is 2.32. The number of pyridine rings is 1. The number of amides is 1. The van der Waals surface area contributed by atoms with Gasteiger partial charge in [0.05, 0.1) is 5.52 Å². The molecule has 0 saturated carbocycles. The van der Waals surface area contributed by atoms with Crippen molar-refractivity contribution in [3.8, 4) is 11.4 Å². The SMILES string of the molecule is CCC(C)CNC(=O)c1nc(-c2ccn(C(C)C)c2)n2ccccc12. The Morgan fingerprint density at radius 3 is 2.68 bits per heavy atom. The Labute approximate surface area is 148 Å². The minimum Gasteiger partial charge on any atom is -0.351 e. The lowest BCUT2D eigenvalue weighted by Gasteiger charge is -2.08. The Morgan fingerprint density at radius 2 is 2.00 bits per heavy atom. The number of imidazole rings is 1. The summed E-state index contributed by atoms with van der Waals surface area (Å²) < 4.78 is 4.13. The first-order valence-corrected chi connectivity index (χ1v) is 8.94. The lowest BCUT2D eigenvalue weighted by atomic mass is 10.1. The van der Waals surface area contributed by atoms with Crippen molar-refractivity contribution in [1.29, 1.82) is 0 Å². The molecule has 1 atom stereocenters. The van der Waals surface area contributed by atoms with Crippen LogP contribution >= 0.6 is 0 Å². The normalized spacial score (nSPS) is 12.7. The summed E-state index contributed by atoms with van der Waals surface area (Å²) in [6, 6.07) is 8.26. The fraction of sp³-hybridized carbons (Fsp3) is 0.400. The Kier molecular flexibility index (Phi) is 4.93. The number of rotatable bonds is 6. The molecule has 0 aliphatic rings. The number of hydrogen-bond donors (Lipinski definition) is 1. The lowest BCUT2D eigenvalue weighted by molar-refractivity contribution is 0.0945. The van der Waals surface area contributed by atoms with E-state index in [9.17, 15) is 4.79 Å². The fourth-order valence-electron chi connectivity index (χ4n) is 2.77. The summed E-state index contributed by atoms with van der Waals surface area (Å²) in [6.07, 6.45) is 7.12. The highest BCUT2D eigenvalue weighted by molar-refractivity contribution is 6.00. The van der Waals surface area contributed by atoms with Crippen LogP contribution in [0.1, 0.15) is 50.6 Å². The molecule has 0 bridgehead atoms. The number of hydrogen-bond acceptors (Lipinski definition) is 2. The zero-order valence-corrected chi connectivity index (χ0v) is 15.4. The number of nitrogens with one attached hydrogen (secondary N) is 1. The quantitative estimate of drug-likeness (QED) is 0.734. The van der Waals surface area contributed by atoms with Crippen LogP contribution in [-0.4, -0.2) is 26.4 Å². The molecule has 5 nitrogen and oxygen atoms in total. The smallest absolute Gasteiger partial charge is 0.272 e. The van der Waals surface area contributed by atoms with Crippen LogP contribution in [0.3, 0.4) is 0 Å². The molecular weight excluding hydrogens is 312 g/mol. The maximum absolute atomic E-state index is 12.6. The molecule has 0 aliphatic heterocycles. The summed E-state index contributed by atoms with van der Waals surface area (Å²) in [5.74, 6) is 1.14. The molecule has 0 saturated heterocycles. The second-order valence-corrected chi connectivity index (χ2v) is 6.90. The molecule has 1 N–H and O–H groups in total. The van der Waals surface area contributed by atoms with Crippen LogP contribution in [0.5, 0.6) is 0 Å². The summed E-state index contributed by atoms with van der Waals surface area (Å²) in [6.45, 7) is 9.20. The number of aromatic nitrogens is 3. The molecule has 0 spiro atoms. The highest BCUT2D eigenvalue weighted by atomic mass is 16.1. The van der Waals surface area contributed by atoms with Crippen molar-refractivity contribution in [2.75, 3.05) is 6.54 Å². The van der Waals surface area contributed by atoms with Crippen LogP contribution in [0.15, 0.2) is 42.9 Å². The fourth-order valence-corrected chi connectivity index (χ4v) is 2.77. The number of carbonyl (C=O) groups is 1. The Morgan fingerprint density at radius 1 is 1.20 bits per heavy atom. The van der Waals surface area contributed by atoms with Crippen molar-refractivity contribution in [1.82, 2.24) is 19.3 Å². The van der Waals surface area contributed by atoms with Crippen molar-refractivity contribution in [3.63, 3.8) is 0 Å². The number of nitrogens with zero attached hydrogens (tertiary/aromatic N) is 3. The van der Waals surface area contributed by atoms with Gasteiger partial charge in [-0.05, 0) is 38.0 Å². The maximum atomic E-state index is 12.6. The van der Waals surface area contributed by atoms with Gasteiger partial charge in [-0.25, -0.2) is 4.98 Å². The van der Waals surface area contributed by atoms with Crippen LogP contribution in [-0.2, 0) is 0 Å². The Balaban J connectivity index is 1.99. The first kappa shape index (κ1) is 17.3. The first-order valence-electron chi connectivity index (χ1n) is 8.94. The van der Waals surface area contributed by atoms with Crippen molar-refractivity contribution < 1.29 is 4.79 Å². The van der Waals surface area contributed by atoms with E-state index in [-0.39, 0.29) is 5.91 Å². The maximum Gasteiger partial charge on any atom is 0.272 e. The largest absolute Gasteiger partial charge is 0.351 e. The third-order valence-corrected chi connectivity index (χ3v) is 4.64. The zero-order valence-electron chi connectivity index (χ0n) is 15.4. The van der Waals surface area contributed by atoms with Gasteiger partial charge in [0.15, 0.2) is 5.69 Å². The van der Waals surface area contributed by atoms with Crippen LogP contribution in [0.25, 0.3) is 16.9 Å².